The van der Waals surface area contributed by atoms with E-state index in [2.05, 4.69) is 13.8 Å². The fourth-order valence-corrected chi connectivity index (χ4v) is 4.16. The first-order valence-electron chi connectivity index (χ1n) is 13.8. The molecule has 0 aliphatic carbocycles. The maximum Gasteiger partial charge on any atom is 0.0466 e. The summed E-state index contributed by atoms with van der Waals surface area (Å²) in [6.45, 7) is 8.01. The Balaban J connectivity index is 2.97. The Kier molecular flexibility index (Phi) is 27.9. The first kappa shape index (κ1) is 29.0. The summed E-state index contributed by atoms with van der Waals surface area (Å²) in [6, 6.07) is 0. The monoisotopic (exact) mass is 409 g/mol. The fourth-order valence-electron chi connectivity index (χ4n) is 4.16. The summed E-state index contributed by atoms with van der Waals surface area (Å²) in [5.74, 6) is 0. The molecule has 0 aromatic rings. The third-order valence-corrected chi connectivity index (χ3v) is 6.14. The van der Waals surface area contributed by atoms with Crippen LogP contribution in [0.4, 0.5) is 0 Å². The van der Waals surface area contributed by atoms with Gasteiger partial charge in [-0.05, 0) is 12.8 Å². The Bertz CT molecular complexity index is 237. The first-order chi connectivity index (χ1) is 14.4. The summed E-state index contributed by atoms with van der Waals surface area (Å²) < 4.78 is 5.53. The summed E-state index contributed by atoms with van der Waals surface area (Å²) in [4.78, 5) is 0. The van der Waals surface area contributed by atoms with Crippen molar-refractivity contribution < 1.29 is 4.74 Å². The van der Waals surface area contributed by atoms with Crippen molar-refractivity contribution in [2.45, 2.75) is 161 Å². The van der Waals surface area contributed by atoms with E-state index in [0.29, 0.717) is 0 Å². The van der Waals surface area contributed by atoms with E-state index in [0.717, 1.165) is 26.1 Å². The first-order valence-corrected chi connectivity index (χ1v) is 13.8. The summed E-state index contributed by atoms with van der Waals surface area (Å²) in [6.07, 6.45) is 34.0. The molecule has 0 unspecified atom stereocenters. The average molecular weight is 410 g/mol. The largest absolute Gasteiger partial charge is 0.381 e. The van der Waals surface area contributed by atoms with Gasteiger partial charge in [0.2, 0.25) is 0 Å². The van der Waals surface area contributed by atoms with Crippen molar-refractivity contribution in [3.63, 3.8) is 0 Å². The van der Waals surface area contributed by atoms with Crippen molar-refractivity contribution >= 4 is 0 Å². The van der Waals surface area contributed by atoms with Crippen LogP contribution in [0.15, 0.2) is 0 Å². The maximum absolute atomic E-state index is 5.53. The van der Waals surface area contributed by atoms with Crippen LogP contribution in [0.2, 0.25) is 0 Å². The topological polar surface area (TPSA) is 9.23 Å². The van der Waals surface area contributed by atoms with Crippen LogP contribution in [-0.4, -0.2) is 13.2 Å². The Morgan fingerprint density at radius 1 is 0.379 bits per heavy atom. The third kappa shape index (κ3) is 28.0. The molecule has 175 valence electrons. The number of hydrogen-bond donors (Lipinski definition) is 0. The summed E-state index contributed by atoms with van der Waals surface area (Å²) in [7, 11) is 0. The molecule has 1 heteroatoms. The zero-order valence-electron chi connectivity index (χ0n) is 20.5. The quantitative estimate of drug-likeness (QED) is 0.129. The van der Waals surface area contributed by atoms with Gasteiger partial charge in [0.25, 0.3) is 0 Å². The molecule has 0 rings (SSSR count). The van der Waals surface area contributed by atoms with Gasteiger partial charge < -0.3 is 4.74 Å². The van der Waals surface area contributed by atoms with E-state index >= 15 is 0 Å². The number of hydrogen-bond acceptors (Lipinski definition) is 1. The number of rotatable bonds is 26. The Morgan fingerprint density at radius 3 is 0.931 bits per heavy atom. The van der Waals surface area contributed by atoms with Crippen molar-refractivity contribution in [1.82, 2.24) is 0 Å². The fraction of sp³-hybridized carbons (Fsp3) is 0.964. The Labute approximate surface area is 186 Å². The number of ether oxygens (including phenoxy) is 1. The predicted molar refractivity (Wildman–Crippen MR) is 133 cm³/mol. The Morgan fingerprint density at radius 2 is 0.655 bits per heavy atom. The van der Waals surface area contributed by atoms with Gasteiger partial charge in [-0.3, -0.25) is 0 Å². The number of unbranched alkanes of at least 4 members (excludes halogenated alkanes) is 22. The van der Waals surface area contributed by atoms with Crippen LogP contribution < -0.4 is 0 Å². The average Bonchev–Trinajstić information content (AvgIpc) is 2.74. The molecule has 1 nitrogen and oxygen atoms in total. The highest BCUT2D eigenvalue weighted by Gasteiger charge is 1.96. The van der Waals surface area contributed by atoms with Crippen LogP contribution in [0.1, 0.15) is 161 Å². The summed E-state index contributed by atoms with van der Waals surface area (Å²) in [5.41, 5.74) is 0. The van der Waals surface area contributed by atoms with Gasteiger partial charge in [0.15, 0.2) is 0 Å². The van der Waals surface area contributed by atoms with Crippen molar-refractivity contribution in [2.24, 2.45) is 0 Å². The lowest BCUT2D eigenvalue weighted by atomic mass is 10.0. The van der Waals surface area contributed by atoms with Gasteiger partial charge in [0.1, 0.15) is 0 Å². The zero-order chi connectivity index (χ0) is 21.1. The molecule has 0 spiro atoms. The van der Waals surface area contributed by atoms with Crippen LogP contribution in [0, 0.1) is 6.92 Å². The second kappa shape index (κ2) is 28.0. The van der Waals surface area contributed by atoms with Crippen molar-refractivity contribution in [1.29, 1.82) is 0 Å². The Hall–Kier alpha value is -0.0400. The lowest BCUT2D eigenvalue weighted by Gasteiger charge is -2.04. The highest BCUT2D eigenvalue weighted by Crippen LogP contribution is 2.15. The van der Waals surface area contributed by atoms with E-state index in [1.54, 1.807) is 0 Å². The molecular formula is C28H57O. The molecule has 0 N–H and O–H groups in total. The van der Waals surface area contributed by atoms with Gasteiger partial charge in [-0.1, -0.05) is 155 Å². The normalized spacial score (nSPS) is 11.4. The molecule has 0 atom stereocenters. The lowest BCUT2D eigenvalue weighted by Crippen LogP contribution is -1.95. The van der Waals surface area contributed by atoms with E-state index in [1.165, 1.54) is 141 Å². The second-order valence-electron chi connectivity index (χ2n) is 9.24. The predicted octanol–water partition coefficient (Wildman–Crippen LogP) is 10.2. The van der Waals surface area contributed by atoms with Crippen molar-refractivity contribution in [2.75, 3.05) is 13.2 Å². The second-order valence-corrected chi connectivity index (χ2v) is 9.24. The molecule has 0 aliphatic heterocycles. The van der Waals surface area contributed by atoms with Gasteiger partial charge in [-0.15, -0.1) is 0 Å². The van der Waals surface area contributed by atoms with Gasteiger partial charge in [-0.2, -0.15) is 0 Å². The van der Waals surface area contributed by atoms with E-state index in [-0.39, 0.29) is 0 Å². The molecule has 0 saturated carbocycles. The molecule has 1 radical (unpaired) electrons. The highest BCUT2D eigenvalue weighted by atomic mass is 16.5. The van der Waals surface area contributed by atoms with E-state index < -0.39 is 0 Å². The van der Waals surface area contributed by atoms with Gasteiger partial charge in [-0.25, -0.2) is 0 Å². The minimum absolute atomic E-state index is 0.942. The van der Waals surface area contributed by atoms with Gasteiger partial charge in [0, 0.05) is 13.2 Å². The molecule has 0 aliphatic rings. The van der Waals surface area contributed by atoms with Gasteiger partial charge >= 0.3 is 0 Å². The molecule has 0 aromatic carbocycles. The minimum atomic E-state index is 0.942. The third-order valence-electron chi connectivity index (χ3n) is 6.14. The van der Waals surface area contributed by atoms with Crippen molar-refractivity contribution in [3.05, 3.63) is 6.92 Å². The molecule has 0 bridgehead atoms. The van der Waals surface area contributed by atoms with E-state index in [4.69, 9.17) is 4.74 Å². The zero-order valence-corrected chi connectivity index (χ0v) is 20.5. The van der Waals surface area contributed by atoms with Crippen LogP contribution in [0.25, 0.3) is 0 Å². The van der Waals surface area contributed by atoms with Crippen LogP contribution in [-0.2, 0) is 4.74 Å². The molecule has 29 heavy (non-hydrogen) atoms. The standard InChI is InChI=1S/C28H57O/c1-3-5-6-7-8-9-10-11-12-13-14-15-16-17-18-19-20-21-22-23-24-25-26-28-29-27-4-2/h1,3-28H2,2H3. The molecule has 0 fully saturated rings. The molecule has 0 amide bonds. The lowest BCUT2D eigenvalue weighted by molar-refractivity contribution is 0.130. The van der Waals surface area contributed by atoms with Crippen LogP contribution in [0.3, 0.4) is 0 Å². The van der Waals surface area contributed by atoms with Crippen LogP contribution in [0.5, 0.6) is 0 Å². The maximum atomic E-state index is 5.53. The summed E-state index contributed by atoms with van der Waals surface area (Å²) in [5, 5.41) is 0. The van der Waals surface area contributed by atoms with Crippen LogP contribution >= 0.6 is 0 Å². The molecule has 0 saturated heterocycles. The minimum Gasteiger partial charge on any atom is -0.381 e. The van der Waals surface area contributed by atoms with Gasteiger partial charge in [0.05, 0.1) is 0 Å². The van der Waals surface area contributed by atoms with Crippen molar-refractivity contribution in [3.8, 4) is 0 Å². The summed E-state index contributed by atoms with van der Waals surface area (Å²) >= 11 is 0. The molecule has 0 heterocycles. The SMILES string of the molecule is [CH2]CCCCCCCCCCCCCCCCCCCCCCCCOCCC. The van der Waals surface area contributed by atoms with E-state index in [1.807, 2.05) is 0 Å². The molecular weight excluding hydrogens is 352 g/mol. The molecule has 0 aromatic heterocycles. The van der Waals surface area contributed by atoms with E-state index in [9.17, 15) is 0 Å². The highest BCUT2D eigenvalue weighted by molar-refractivity contribution is 4.51. The smallest absolute Gasteiger partial charge is 0.0466 e.